The maximum absolute atomic E-state index is 12.4. The van der Waals surface area contributed by atoms with E-state index in [0.717, 1.165) is 15.0 Å². The molecule has 0 aliphatic carbocycles. The van der Waals surface area contributed by atoms with Crippen molar-refractivity contribution in [2.75, 3.05) is 6.54 Å². The van der Waals surface area contributed by atoms with Gasteiger partial charge in [0, 0.05) is 15.1 Å². The van der Waals surface area contributed by atoms with E-state index in [4.69, 9.17) is 10.3 Å². The highest BCUT2D eigenvalue weighted by Crippen LogP contribution is 2.50. The Morgan fingerprint density at radius 2 is 2.08 bits per heavy atom. The van der Waals surface area contributed by atoms with Crippen molar-refractivity contribution >= 4 is 43.8 Å². The van der Waals surface area contributed by atoms with E-state index in [-0.39, 0.29) is 6.54 Å². The molecule has 2 atom stereocenters. The quantitative estimate of drug-likeness (QED) is 0.775. The molecule has 0 spiro atoms. The van der Waals surface area contributed by atoms with E-state index in [1.54, 1.807) is 6.07 Å². The third-order valence-corrected chi connectivity index (χ3v) is 5.72. The van der Waals surface area contributed by atoms with Crippen molar-refractivity contribution in [1.82, 2.24) is 9.96 Å². The van der Waals surface area contributed by atoms with Gasteiger partial charge in [0.2, 0.25) is 5.91 Å². The molecular formula is C13H11N3O6S2. The van der Waals surface area contributed by atoms with E-state index in [0.29, 0.717) is 15.5 Å². The van der Waals surface area contributed by atoms with Crippen molar-refractivity contribution in [1.29, 1.82) is 0 Å². The number of rotatable bonds is 3. The second-order valence-corrected chi connectivity index (χ2v) is 7.55. The van der Waals surface area contributed by atoms with Crippen LogP contribution in [0.3, 0.4) is 0 Å². The average molecular weight is 369 g/mol. The zero-order valence-electron chi connectivity index (χ0n) is 11.9. The van der Waals surface area contributed by atoms with Crippen LogP contribution in [0.4, 0.5) is 4.79 Å². The number of carbonyl (C=O) groups is 2. The highest BCUT2D eigenvalue weighted by Gasteiger charge is 2.53. The highest BCUT2D eigenvalue weighted by molar-refractivity contribution is 7.80. The van der Waals surface area contributed by atoms with Gasteiger partial charge in [-0.2, -0.15) is 13.5 Å². The molecule has 3 heterocycles. The fourth-order valence-corrected chi connectivity index (χ4v) is 4.93. The lowest BCUT2D eigenvalue weighted by molar-refractivity contribution is -0.122. The molecule has 3 N–H and O–H groups in total. The number of thiophene rings is 1. The zero-order chi connectivity index (χ0) is 17.2. The van der Waals surface area contributed by atoms with Crippen LogP contribution >= 0.6 is 11.3 Å². The van der Waals surface area contributed by atoms with E-state index >= 15 is 0 Å². The van der Waals surface area contributed by atoms with Crippen molar-refractivity contribution in [2.45, 2.75) is 12.1 Å². The summed E-state index contributed by atoms with van der Waals surface area (Å²) in [6, 6.07) is 4.69. The molecule has 126 valence electrons. The number of nitrogens with zero attached hydrogens (tertiary/aromatic N) is 2. The van der Waals surface area contributed by atoms with E-state index in [9.17, 15) is 18.0 Å². The van der Waals surface area contributed by atoms with Gasteiger partial charge in [0.1, 0.15) is 12.1 Å². The van der Waals surface area contributed by atoms with Crippen LogP contribution in [-0.2, 0) is 19.5 Å². The number of carbonyl (C=O) groups excluding carboxylic acids is 2. The first kappa shape index (κ1) is 15.3. The molecule has 0 unspecified atom stereocenters. The summed E-state index contributed by atoms with van der Waals surface area (Å²) in [5.74, 6) is -0.722. The van der Waals surface area contributed by atoms with Crippen LogP contribution < -0.4 is 5.73 Å². The molecule has 2 aliphatic rings. The number of primary amides is 1. The summed E-state index contributed by atoms with van der Waals surface area (Å²) in [4.78, 5) is 26.2. The lowest BCUT2D eigenvalue weighted by Gasteiger charge is -2.28. The first-order valence-corrected chi connectivity index (χ1v) is 9.03. The third-order valence-electron chi connectivity index (χ3n) is 4.08. The third kappa shape index (κ3) is 2.09. The number of amides is 3. The maximum Gasteiger partial charge on any atom is 0.418 e. The zero-order valence-corrected chi connectivity index (χ0v) is 13.6. The monoisotopic (exact) mass is 369 g/mol. The number of hydroxylamine groups is 2. The molecule has 1 aromatic heterocycles. The normalized spacial score (nSPS) is 23.0. The van der Waals surface area contributed by atoms with Gasteiger partial charge in [-0.3, -0.25) is 9.35 Å². The number of hydrogen-bond acceptors (Lipinski definition) is 6. The van der Waals surface area contributed by atoms with Crippen molar-refractivity contribution in [3.05, 3.63) is 34.7 Å². The Morgan fingerprint density at radius 1 is 1.38 bits per heavy atom. The number of hydrogen-bond donors (Lipinski definition) is 2. The minimum Gasteiger partial charge on any atom is -0.368 e. The number of nitrogens with two attached hydrogens (primary N) is 1. The first-order valence-electron chi connectivity index (χ1n) is 6.85. The maximum atomic E-state index is 12.4. The highest BCUT2D eigenvalue weighted by atomic mass is 32.3. The molecule has 9 nitrogen and oxygen atoms in total. The molecule has 0 radical (unpaired) electrons. The lowest BCUT2D eigenvalue weighted by Crippen LogP contribution is -2.41. The molecule has 1 aromatic carbocycles. The molecule has 1 saturated heterocycles. The predicted molar refractivity (Wildman–Crippen MR) is 83.1 cm³/mol. The second-order valence-electron chi connectivity index (χ2n) is 5.46. The van der Waals surface area contributed by atoms with E-state index in [1.807, 2.05) is 18.2 Å². The van der Waals surface area contributed by atoms with Crippen molar-refractivity contribution in [3.8, 4) is 0 Å². The fourth-order valence-electron chi connectivity index (χ4n) is 3.25. The fraction of sp³-hybridized carbons (Fsp3) is 0.231. The van der Waals surface area contributed by atoms with E-state index in [2.05, 4.69) is 4.28 Å². The van der Waals surface area contributed by atoms with Crippen LogP contribution in [0.15, 0.2) is 24.3 Å². The SMILES string of the molecule is NC(=O)[C@@H]1c2c(sc3ccccc23)[C@H]2CN1C(=O)N2OS(=O)(=O)O. The second kappa shape index (κ2) is 4.89. The molecule has 2 aromatic rings. The first-order chi connectivity index (χ1) is 11.3. The van der Waals surface area contributed by atoms with Crippen LogP contribution in [0.25, 0.3) is 10.1 Å². The summed E-state index contributed by atoms with van der Waals surface area (Å²) in [6.45, 7) is 0.0434. The Kier molecular flexibility index (Phi) is 3.12. The van der Waals surface area contributed by atoms with Gasteiger partial charge >= 0.3 is 16.4 Å². The van der Waals surface area contributed by atoms with Crippen LogP contribution in [0, 0.1) is 0 Å². The summed E-state index contributed by atoms with van der Waals surface area (Å²) >= 11 is 1.33. The van der Waals surface area contributed by atoms with Crippen molar-refractivity contribution < 1.29 is 26.8 Å². The van der Waals surface area contributed by atoms with Crippen LogP contribution in [0.2, 0.25) is 0 Å². The topological polar surface area (TPSA) is 130 Å². The molecule has 0 saturated carbocycles. The lowest BCUT2D eigenvalue weighted by atomic mass is 9.95. The Hall–Kier alpha value is -2.21. The van der Waals surface area contributed by atoms with Gasteiger partial charge in [-0.15, -0.1) is 15.6 Å². The number of benzene rings is 1. The van der Waals surface area contributed by atoms with Gasteiger partial charge in [-0.05, 0) is 11.5 Å². The molecule has 24 heavy (non-hydrogen) atoms. The largest absolute Gasteiger partial charge is 0.418 e. The smallest absolute Gasteiger partial charge is 0.368 e. The minimum atomic E-state index is -4.88. The molecule has 2 bridgehead atoms. The molecular weight excluding hydrogens is 358 g/mol. The Labute approximate surface area is 140 Å². The average Bonchev–Trinajstić information content (AvgIpc) is 2.99. The number of urea groups is 1. The molecule has 2 aliphatic heterocycles. The van der Waals surface area contributed by atoms with Crippen molar-refractivity contribution in [3.63, 3.8) is 0 Å². The van der Waals surface area contributed by atoms with E-state index in [1.165, 1.54) is 11.3 Å². The molecule has 3 amide bonds. The Morgan fingerprint density at radius 3 is 2.75 bits per heavy atom. The molecule has 4 rings (SSSR count). The standard InChI is InChI=1S/C13H11N3O6S2/c14-12(17)10-9-6-3-1-2-4-8(6)23-11(9)7-5-15(10)13(18)16(7)22-24(19,20)21/h1-4,7,10H,5H2,(H2,14,17)(H,19,20,21)/t7-,10+/m1/s1. The van der Waals surface area contributed by atoms with Crippen molar-refractivity contribution in [2.24, 2.45) is 5.73 Å². The molecule has 11 heteroatoms. The van der Waals surface area contributed by atoms with Gasteiger partial charge in [-0.1, -0.05) is 18.2 Å². The van der Waals surface area contributed by atoms with E-state index < -0.39 is 34.4 Å². The number of fused-ring (bicyclic) bond motifs is 6. The Bertz CT molecular complexity index is 985. The summed E-state index contributed by atoms with van der Waals surface area (Å²) in [6.07, 6.45) is 0. The summed E-state index contributed by atoms with van der Waals surface area (Å²) in [7, 11) is -4.88. The van der Waals surface area contributed by atoms with Gasteiger partial charge in [-0.25, -0.2) is 4.79 Å². The van der Waals surface area contributed by atoms with Crippen LogP contribution in [0.5, 0.6) is 0 Å². The Balaban J connectivity index is 1.94. The summed E-state index contributed by atoms with van der Waals surface area (Å²) in [5.41, 5.74) is 6.07. The predicted octanol–water partition coefficient (Wildman–Crippen LogP) is 0.954. The summed E-state index contributed by atoms with van der Waals surface area (Å²) < 4.78 is 36.3. The van der Waals surface area contributed by atoms with Gasteiger partial charge in [0.15, 0.2) is 0 Å². The molecule has 1 fully saturated rings. The minimum absolute atomic E-state index is 0.0434. The van der Waals surface area contributed by atoms with Crippen LogP contribution in [0.1, 0.15) is 22.5 Å². The van der Waals surface area contributed by atoms with Gasteiger partial charge < -0.3 is 10.6 Å². The van der Waals surface area contributed by atoms with Gasteiger partial charge in [0.25, 0.3) is 0 Å². The summed E-state index contributed by atoms with van der Waals surface area (Å²) in [5, 5.41) is 1.35. The van der Waals surface area contributed by atoms with Crippen LogP contribution in [-0.4, -0.2) is 41.4 Å². The van der Waals surface area contributed by atoms with Gasteiger partial charge in [0.05, 0.1) is 6.54 Å².